The highest BCUT2D eigenvalue weighted by Gasteiger charge is 2.29. The molecule has 0 bridgehead atoms. The Kier molecular flexibility index (Phi) is 6.97. The second kappa shape index (κ2) is 8.24. The first-order valence-electron chi connectivity index (χ1n) is 6.88. The number of nitriles is 1. The van der Waals surface area contributed by atoms with Crippen LogP contribution < -0.4 is 5.32 Å². The molecule has 1 unspecified atom stereocenters. The number of rotatable bonds is 8. The van der Waals surface area contributed by atoms with E-state index in [-0.39, 0.29) is 0 Å². The molecule has 0 aliphatic carbocycles. The van der Waals surface area contributed by atoms with E-state index in [0.717, 1.165) is 23.7 Å². The Hall–Kier alpha value is -0.980. The number of hydrogen-bond donors (Lipinski definition) is 1. The first-order chi connectivity index (χ1) is 9.14. The highest BCUT2D eigenvalue weighted by molar-refractivity contribution is 7.99. The molecule has 0 amide bonds. The van der Waals surface area contributed by atoms with Gasteiger partial charge in [-0.25, -0.2) is 0 Å². The van der Waals surface area contributed by atoms with Crippen molar-refractivity contribution in [2.45, 2.75) is 32.2 Å². The molecule has 0 aliphatic heterocycles. The summed E-state index contributed by atoms with van der Waals surface area (Å²) in [6.45, 7) is 4.50. The maximum absolute atomic E-state index is 9.55. The van der Waals surface area contributed by atoms with Crippen molar-refractivity contribution in [1.29, 1.82) is 5.26 Å². The van der Waals surface area contributed by atoms with Gasteiger partial charge in [0.05, 0.1) is 6.07 Å². The molecule has 1 aromatic rings. The highest BCUT2D eigenvalue weighted by Crippen LogP contribution is 2.26. The van der Waals surface area contributed by atoms with Crippen LogP contribution in [0.4, 0.5) is 0 Å². The summed E-state index contributed by atoms with van der Waals surface area (Å²) in [4.78, 5) is 0. The van der Waals surface area contributed by atoms with Crippen molar-refractivity contribution >= 4 is 11.8 Å². The summed E-state index contributed by atoms with van der Waals surface area (Å²) in [5, 5.41) is 12.8. The minimum Gasteiger partial charge on any atom is -0.299 e. The average Bonchev–Trinajstić information content (AvgIpc) is 2.44. The molecule has 0 heterocycles. The molecule has 0 aliphatic rings. The van der Waals surface area contributed by atoms with E-state index in [1.807, 2.05) is 49.1 Å². The van der Waals surface area contributed by atoms with Crippen molar-refractivity contribution in [3.05, 3.63) is 35.9 Å². The number of hydrogen-bond acceptors (Lipinski definition) is 3. The summed E-state index contributed by atoms with van der Waals surface area (Å²) >= 11 is 1.94. The molecule has 104 valence electrons. The van der Waals surface area contributed by atoms with Gasteiger partial charge in [-0.05, 0) is 42.9 Å². The second-order valence-electron chi connectivity index (χ2n) is 5.18. The van der Waals surface area contributed by atoms with Crippen LogP contribution in [0.2, 0.25) is 0 Å². The van der Waals surface area contributed by atoms with Crippen LogP contribution in [0.25, 0.3) is 0 Å². The Bertz CT molecular complexity index is 397. The summed E-state index contributed by atoms with van der Waals surface area (Å²) in [5.74, 6) is 2.94. The van der Waals surface area contributed by atoms with Gasteiger partial charge in [0.2, 0.25) is 0 Å². The molecule has 0 aromatic heterocycles. The van der Waals surface area contributed by atoms with E-state index in [4.69, 9.17) is 0 Å². The van der Waals surface area contributed by atoms with Gasteiger partial charge < -0.3 is 0 Å². The standard InChI is InChI=1S/C16H24N2S/c1-14(2)9-11-19-12-10-16(13-17,18-3)15-7-5-4-6-8-15/h4-8,14,18H,9-12H2,1-3H3. The van der Waals surface area contributed by atoms with Crippen LogP contribution in [0.3, 0.4) is 0 Å². The van der Waals surface area contributed by atoms with Gasteiger partial charge in [-0.3, -0.25) is 5.32 Å². The van der Waals surface area contributed by atoms with Crippen molar-refractivity contribution in [2.75, 3.05) is 18.6 Å². The minimum absolute atomic E-state index is 0.550. The van der Waals surface area contributed by atoms with E-state index in [1.54, 1.807) is 0 Å². The summed E-state index contributed by atoms with van der Waals surface area (Å²) < 4.78 is 0. The molecule has 1 atom stereocenters. The third-order valence-electron chi connectivity index (χ3n) is 3.35. The number of nitrogens with one attached hydrogen (secondary N) is 1. The zero-order valence-corrected chi connectivity index (χ0v) is 13.0. The smallest absolute Gasteiger partial charge is 0.132 e. The van der Waals surface area contributed by atoms with Crippen molar-refractivity contribution in [3.8, 4) is 6.07 Å². The Balaban J connectivity index is 2.56. The van der Waals surface area contributed by atoms with Crippen LogP contribution in [0, 0.1) is 17.2 Å². The van der Waals surface area contributed by atoms with Crippen molar-refractivity contribution in [2.24, 2.45) is 5.92 Å². The van der Waals surface area contributed by atoms with Gasteiger partial charge in [0, 0.05) is 0 Å². The molecule has 3 heteroatoms. The second-order valence-corrected chi connectivity index (χ2v) is 6.40. The molecule has 1 rings (SSSR count). The van der Waals surface area contributed by atoms with Crippen LogP contribution in [-0.2, 0) is 5.54 Å². The molecular formula is C16H24N2S. The molecule has 0 saturated carbocycles. The van der Waals surface area contributed by atoms with Crippen molar-refractivity contribution in [3.63, 3.8) is 0 Å². The van der Waals surface area contributed by atoms with Crippen LogP contribution in [0.1, 0.15) is 32.3 Å². The fourth-order valence-electron chi connectivity index (χ4n) is 1.96. The fourth-order valence-corrected chi connectivity index (χ4v) is 3.25. The van der Waals surface area contributed by atoms with E-state index in [1.165, 1.54) is 12.2 Å². The van der Waals surface area contributed by atoms with E-state index in [0.29, 0.717) is 0 Å². The van der Waals surface area contributed by atoms with Crippen LogP contribution in [0.15, 0.2) is 30.3 Å². The Morgan fingerprint density at radius 1 is 1.26 bits per heavy atom. The molecule has 0 spiro atoms. The van der Waals surface area contributed by atoms with Gasteiger partial charge in [-0.15, -0.1) is 0 Å². The summed E-state index contributed by atoms with van der Waals surface area (Å²) in [5.41, 5.74) is 0.510. The fraction of sp³-hybridized carbons (Fsp3) is 0.562. The number of benzene rings is 1. The lowest BCUT2D eigenvalue weighted by Gasteiger charge is -2.26. The van der Waals surface area contributed by atoms with Gasteiger partial charge in [0.15, 0.2) is 0 Å². The van der Waals surface area contributed by atoms with Gasteiger partial charge >= 0.3 is 0 Å². The first kappa shape index (κ1) is 16.1. The maximum atomic E-state index is 9.55. The lowest BCUT2D eigenvalue weighted by Crippen LogP contribution is -2.39. The summed E-state index contributed by atoms with van der Waals surface area (Å²) in [6.07, 6.45) is 2.09. The Morgan fingerprint density at radius 3 is 2.47 bits per heavy atom. The molecule has 0 saturated heterocycles. The first-order valence-corrected chi connectivity index (χ1v) is 8.03. The summed E-state index contributed by atoms with van der Waals surface area (Å²) in [7, 11) is 1.87. The van der Waals surface area contributed by atoms with Gasteiger partial charge in [0.1, 0.15) is 5.54 Å². The van der Waals surface area contributed by atoms with E-state index >= 15 is 0 Å². The third kappa shape index (κ3) is 4.89. The molecule has 1 N–H and O–H groups in total. The van der Waals surface area contributed by atoms with E-state index < -0.39 is 5.54 Å². The van der Waals surface area contributed by atoms with E-state index in [2.05, 4.69) is 25.2 Å². The zero-order chi connectivity index (χ0) is 14.1. The molecule has 0 radical (unpaired) electrons. The van der Waals surface area contributed by atoms with Crippen LogP contribution in [-0.4, -0.2) is 18.6 Å². The van der Waals surface area contributed by atoms with Crippen molar-refractivity contribution < 1.29 is 0 Å². The minimum atomic E-state index is -0.550. The highest BCUT2D eigenvalue weighted by atomic mass is 32.2. The molecule has 0 fully saturated rings. The predicted octanol–water partition coefficient (Wildman–Crippen LogP) is 3.79. The van der Waals surface area contributed by atoms with Gasteiger partial charge in [0.25, 0.3) is 0 Å². The van der Waals surface area contributed by atoms with Crippen LogP contribution in [0.5, 0.6) is 0 Å². The molecule has 1 aromatic carbocycles. The zero-order valence-electron chi connectivity index (χ0n) is 12.1. The lowest BCUT2D eigenvalue weighted by atomic mass is 9.89. The summed E-state index contributed by atoms with van der Waals surface area (Å²) in [6, 6.07) is 12.5. The number of thioether (sulfide) groups is 1. The van der Waals surface area contributed by atoms with Crippen molar-refractivity contribution in [1.82, 2.24) is 5.32 Å². The molecular weight excluding hydrogens is 252 g/mol. The maximum Gasteiger partial charge on any atom is 0.132 e. The quantitative estimate of drug-likeness (QED) is 0.734. The lowest BCUT2D eigenvalue weighted by molar-refractivity contribution is 0.456. The third-order valence-corrected chi connectivity index (χ3v) is 4.36. The topological polar surface area (TPSA) is 35.8 Å². The molecule has 2 nitrogen and oxygen atoms in total. The Morgan fingerprint density at radius 2 is 1.95 bits per heavy atom. The predicted molar refractivity (Wildman–Crippen MR) is 84.2 cm³/mol. The Labute approximate surface area is 121 Å². The molecule has 19 heavy (non-hydrogen) atoms. The number of nitrogens with zero attached hydrogens (tertiary/aromatic N) is 1. The average molecular weight is 276 g/mol. The normalized spacial score (nSPS) is 14.1. The monoisotopic (exact) mass is 276 g/mol. The SMILES string of the molecule is CNC(C#N)(CCSCCC(C)C)c1ccccc1. The van der Waals surface area contributed by atoms with Crippen LogP contribution >= 0.6 is 11.8 Å². The van der Waals surface area contributed by atoms with Gasteiger partial charge in [-0.2, -0.15) is 17.0 Å². The van der Waals surface area contributed by atoms with Gasteiger partial charge in [-0.1, -0.05) is 44.2 Å². The largest absolute Gasteiger partial charge is 0.299 e. The van der Waals surface area contributed by atoms with E-state index in [9.17, 15) is 5.26 Å².